The Morgan fingerprint density at radius 3 is 2.60 bits per heavy atom. The van der Waals surface area contributed by atoms with Crippen LogP contribution in [0.2, 0.25) is 0 Å². The lowest BCUT2D eigenvalue weighted by atomic mass is 10.2. The van der Waals surface area contributed by atoms with Crippen molar-refractivity contribution in [1.29, 1.82) is 0 Å². The summed E-state index contributed by atoms with van der Waals surface area (Å²) in [6.07, 6.45) is 1.42. The van der Waals surface area contributed by atoms with Gasteiger partial charge in [0.25, 0.3) is 0 Å². The summed E-state index contributed by atoms with van der Waals surface area (Å²) >= 11 is 1.44. The van der Waals surface area contributed by atoms with Crippen LogP contribution in [0.5, 0.6) is 5.75 Å². The first-order valence-electron chi connectivity index (χ1n) is 6.03. The van der Waals surface area contributed by atoms with Gasteiger partial charge in [-0.3, -0.25) is 4.79 Å². The lowest BCUT2D eigenvalue weighted by Crippen LogP contribution is -2.19. The summed E-state index contributed by atoms with van der Waals surface area (Å²) in [5.41, 5.74) is 2.99. The number of carbonyl (C=O) groups excluding carboxylic acids is 1. The lowest BCUT2D eigenvalue weighted by molar-refractivity contribution is -0.118. The Labute approximate surface area is 121 Å². The number of rotatable bonds is 5. The maximum absolute atomic E-state index is 11.6. The van der Waals surface area contributed by atoms with Gasteiger partial charge in [-0.15, -0.1) is 11.8 Å². The molecule has 20 heavy (non-hydrogen) atoms. The van der Waals surface area contributed by atoms with Crippen molar-refractivity contribution >= 4 is 23.9 Å². The fourth-order valence-electron chi connectivity index (χ4n) is 1.47. The smallest absolute Gasteiger partial charge is 0.250 e. The van der Waals surface area contributed by atoms with Crippen LogP contribution in [-0.2, 0) is 4.79 Å². The van der Waals surface area contributed by atoms with Crippen molar-refractivity contribution in [2.24, 2.45) is 5.10 Å². The molecule has 0 bridgehead atoms. The average molecular weight is 286 g/mol. The Kier molecular flexibility index (Phi) is 5.20. The van der Waals surface area contributed by atoms with Crippen LogP contribution in [0.15, 0.2) is 64.6 Å². The van der Waals surface area contributed by atoms with E-state index >= 15 is 0 Å². The third kappa shape index (κ3) is 4.44. The molecule has 1 amide bonds. The summed E-state index contributed by atoms with van der Waals surface area (Å²) < 4.78 is 0. The number of phenolic OH excluding ortho intramolecular Hbond substituents is 1. The number of carbonyl (C=O) groups is 1. The zero-order chi connectivity index (χ0) is 14.2. The van der Waals surface area contributed by atoms with E-state index in [1.807, 2.05) is 30.3 Å². The zero-order valence-electron chi connectivity index (χ0n) is 10.7. The molecule has 2 N–H and O–H groups in total. The van der Waals surface area contributed by atoms with Crippen molar-refractivity contribution in [3.05, 3.63) is 60.2 Å². The van der Waals surface area contributed by atoms with Gasteiger partial charge in [-0.1, -0.05) is 30.3 Å². The van der Waals surface area contributed by atoms with E-state index in [-0.39, 0.29) is 11.7 Å². The number of hydrogen-bond acceptors (Lipinski definition) is 4. The van der Waals surface area contributed by atoms with Gasteiger partial charge in [0.15, 0.2) is 0 Å². The van der Waals surface area contributed by atoms with Gasteiger partial charge in [-0.2, -0.15) is 5.10 Å². The molecule has 0 atom stereocenters. The fraction of sp³-hybridized carbons (Fsp3) is 0.0667. The predicted octanol–water partition coefficient (Wildman–Crippen LogP) is 2.63. The highest BCUT2D eigenvalue weighted by Crippen LogP contribution is 2.16. The number of phenols is 1. The maximum atomic E-state index is 11.6. The van der Waals surface area contributed by atoms with E-state index in [1.165, 1.54) is 18.0 Å². The summed E-state index contributed by atoms with van der Waals surface area (Å²) in [6.45, 7) is 0. The molecule has 0 heterocycles. The fourth-order valence-corrected chi connectivity index (χ4v) is 2.18. The molecular formula is C15H14N2O2S. The SMILES string of the molecule is O=C(CSc1ccccc1)N/N=C/c1ccccc1O. The summed E-state index contributed by atoms with van der Waals surface area (Å²) in [7, 11) is 0. The molecule has 0 fully saturated rings. The Morgan fingerprint density at radius 2 is 1.85 bits per heavy atom. The number of amides is 1. The van der Waals surface area contributed by atoms with Crippen LogP contribution in [0.4, 0.5) is 0 Å². The average Bonchev–Trinajstić information content (AvgIpc) is 2.48. The van der Waals surface area contributed by atoms with Gasteiger partial charge in [0.1, 0.15) is 5.75 Å². The van der Waals surface area contributed by atoms with Crippen LogP contribution in [0.25, 0.3) is 0 Å². The molecule has 0 aliphatic rings. The second-order valence-electron chi connectivity index (χ2n) is 3.95. The van der Waals surface area contributed by atoms with Crippen molar-refractivity contribution < 1.29 is 9.90 Å². The molecule has 0 saturated carbocycles. The Morgan fingerprint density at radius 1 is 1.15 bits per heavy atom. The molecule has 0 unspecified atom stereocenters. The first-order chi connectivity index (χ1) is 9.75. The summed E-state index contributed by atoms with van der Waals surface area (Å²) in [6, 6.07) is 16.5. The third-order valence-corrected chi connectivity index (χ3v) is 3.45. The van der Waals surface area contributed by atoms with Gasteiger partial charge in [-0.05, 0) is 24.3 Å². The number of hydrazone groups is 1. The van der Waals surface area contributed by atoms with Crippen LogP contribution >= 0.6 is 11.8 Å². The Hall–Kier alpha value is -2.27. The molecule has 0 aromatic heterocycles. The Balaban J connectivity index is 1.79. The summed E-state index contributed by atoms with van der Waals surface area (Å²) in [5, 5.41) is 13.3. The van der Waals surface area contributed by atoms with Crippen molar-refractivity contribution in [1.82, 2.24) is 5.43 Å². The summed E-state index contributed by atoms with van der Waals surface area (Å²) in [4.78, 5) is 12.6. The van der Waals surface area contributed by atoms with Crippen molar-refractivity contribution in [3.8, 4) is 5.75 Å². The Bertz CT molecular complexity index is 600. The molecule has 0 spiro atoms. The van der Waals surface area contributed by atoms with Crippen molar-refractivity contribution in [2.45, 2.75) is 4.90 Å². The minimum atomic E-state index is -0.189. The number of hydrogen-bond donors (Lipinski definition) is 2. The highest BCUT2D eigenvalue weighted by atomic mass is 32.2. The normalized spacial score (nSPS) is 10.6. The largest absolute Gasteiger partial charge is 0.507 e. The molecule has 2 aromatic carbocycles. The van der Waals surface area contributed by atoms with Crippen LogP contribution in [0.3, 0.4) is 0 Å². The topological polar surface area (TPSA) is 61.7 Å². The predicted molar refractivity (Wildman–Crippen MR) is 81.0 cm³/mol. The first kappa shape index (κ1) is 14.1. The highest BCUT2D eigenvalue weighted by Gasteiger charge is 2.01. The van der Waals surface area contributed by atoms with Gasteiger partial charge in [0.05, 0.1) is 12.0 Å². The van der Waals surface area contributed by atoms with Gasteiger partial charge in [-0.25, -0.2) is 5.43 Å². The van der Waals surface area contributed by atoms with Crippen LogP contribution in [0, 0.1) is 0 Å². The van der Waals surface area contributed by atoms with Gasteiger partial charge in [0, 0.05) is 10.5 Å². The second kappa shape index (κ2) is 7.35. The number of nitrogens with one attached hydrogen (secondary N) is 1. The number of nitrogens with zero attached hydrogens (tertiary/aromatic N) is 1. The third-order valence-electron chi connectivity index (χ3n) is 2.44. The quantitative estimate of drug-likeness (QED) is 0.504. The van der Waals surface area contributed by atoms with Crippen molar-refractivity contribution in [2.75, 3.05) is 5.75 Å². The van der Waals surface area contributed by atoms with E-state index < -0.39 is 0 Å². The number of para-hydroxylation sites is 1. The van der Waals surface area contributed by atoms with Gasteiger partial charge in [0.2, 0.25) is 5.91 Å². The zero-order valence-corrected chi connectivity index (χ0v) is 11.5. The molecule has 0 saturated heterocycles. The number of aromatic hydroxyl groups is 1. The van der Waals surface area contributed by atoms with Crippen LogP contribution in [0.1, 0.15) is 5.56 Å². The molecule has 0 aliphatic carbocycles. The van der Waals surface area contributed by atoms with E-state index in [4.69, 9.17) is 0 Å². The first-order valence-corrected chi connectivity index (χ1v) is 7.02. The summed E-state index contributed by atoms with van der Waals surface area (Å²) in [5.74, 6) is 0.233. The molecule has 0 aliphatic heterocycles. The van der Waals surface area contributed by atoms with E-state index in [1.54, 1.807) is 24.3 Å². The standard InChI is InChI=1S/C15H14N2O2S/c18-14-9-5-4-6-12(14)10-16-17-15(19)11-20-13-7-2-1-3-8-13/h1-10,18H,11H2,(H,17,19)/b16-10+. The molecule has 5 heteroatoms. The molecule has 4 nitrogen and oxygen atoms in total. The number of benzene rings is 2. The monoisotopic (exact) mass is 286 g/mol. The van der Waals surface area contributed by atoms with E-state index in [2.05, 4.69) is 10.5 Å². The molecule has 2 rings (SSSR count). The highest BCUT2D eigenvalue weighted by molar-refractivity contribution is 8.00. The van der Waals surface area contributed by atoms with Crippen LogP contribution in [-0.4, -0.2) is 23.0 Å². The number of thioether (sulfide) groups is 1. The minimum absolute atomic E-state index is 0.129. The van der Waals surface area contributed by atoms with E-state index in [0.29, 0.717) is 11.3 Å². The molecule has 102 valence electrons. The maximum Gasteiger partial charge on any atom is 0.250 e. The lowest BCUT2D eigenvalue weighted by Gasteiger charge is -2.01. The van der Waals surface area contributed by atoms with E-state index in [0.717, 1.165) is 4.90 Å². The molecule has 0 radical (unpaired) electrons. The molecular weight excluding hydrogens is 272 g/mol. The van der Waals surface area contributed by atoms with Gasteiger partial charge < -0.3 is 5.11 Å². The molecule has 2 aromatic rings. The minimum Gasteiger partial charge on any atom is -0.507 e. The van der Waals surface area contributed by atoms with Crippen LogP contribution < -0.4 is 5.43 Å². The van der Waals surface area contributed by atoms with Crippen molar-refractivity contribution in [3.63, 3.8) is 0 Å². The van der Waals surface area contributed by atoms with E-state index in [9.17, 15) is 9.90 Å². The second-order valence-corrected chi connectivity index (χ2v) is 5.00. The van der Waals surface area contributed by atoms with Gasteiger partial charge >= 0.3 is 0 Å².